The highest BCUT2D eigenvalue weighted by molar-refractivity contribution is 7.89. The van der Waals surface area contributed by atoms with Gasteiger partial charge in [-0.2, -0.15) is 4.31 Å². The number of hydrogen-bond acceptors (Lipinski definition) is 3. The Morgan fingerprint density at radius 3 is 2.65 bits per heavy atom. The van der Waals surface area contributed by atoms with Crippen LogP contribution in [0.25, 0.3) is 11.0 Å². The molecule has 1 aliphatic rings. The number of unbranched alkanes of at least 4 members (excludes halogenated alkanes) is 1. The van der Waals surface area contributed by atoms with E-state index in [9.17, 15) is 8.42 Å². The zero-order chi connectivity index (χ0) is 16.4. The molecule has 3 rings (SSSR count). The second-order valence-corrected chi connectivity index (χ2v) is 8.40. The molecule has 0 saturated carbocycles. The molecule has 1 fully saturated rings. The van der Waals surface area contributed by atoms with E-state index in [1.54, 1.807) is 16.4 Å². The van der Waals surface area contributed by atoms with Crippen molar-refractivity contribution in [1.29, 1.82) is 0 Å². The van der Waals surface area contributed by atoms with Crippen molar-refractivity contribution in [3.8, 4) is 0 Å². The zero-order valence-corrected chi connectivity index (χ0v) is 15.0. The van der Waals surface area contributed by atoms with Crippen LogP contribution >= 0.6 is 12.2 Å². The number of imidazole rings is 1. The Morgan fingerprint density at radius 2 is 1.96 bits per heavy atom. The number of sulfonamides is 1. The Kier molecular flexibility index (Phi) is 4.89. The molecule has 1 aromatic heterocycles. The number of rotatable bonds is 5. The average molecular weight is 354 g/mol. The molecule has 1 N–H and O–H groups in total. The summed E-state index contributed by atoms with van der Waals surface area (Å²) in [7, 11) is -3.40. The van der Waals surface area contributed by atoms with Gasteiger partial charge in [0.05, 0.1) is 15.9 Å². The topological polar surface area (TPSA) is 58.1 Å². The minimum Gasteiger partial charge on any atom is -0.331 e. The predicted octanol–water partition coefficient (Wildman–Crippen LogP) is 3.67. The highest BCUT2D eigenvalue weighted by Crippen LogP contribution is 2.24. The Morgan fingerprint density at radius 1 is 1.22 bits per heavy atom. The van der Waals surface area contributed by atoms with Gasteiger partial charge in [0.1, 0.15) is 0 Å². The molecule has 0 radical (unpaired) electrons. The van der Waals surface area contributed by atoms with Crippen molar-refractivity contribution in [1.82, 2.24) is 13.9 Å². The number of H-pyrrole nitrogens is 1. The van der Waals surface area contributed by atoms with Gasteiger partial charge in [0.25, 0.3) is 0 Å². The van der Waals surface area contributed by atoms with Gasteiger partial charge in [0, 0.05) is 19.6 Å². The maximum Gasteiger partial charge on any atom is 0.243 e. The minimum absolute atomic E-state index is 0.353. The molecule has 2 heterocycles. The van der Waals surface area contributed by atoms with Crippen LogP contribution in [0.2, 0.25) is 0 Å². The molecule has 0 spiro atoms. The first-order valence-electron chi connectivity index (χ1n) is 8.27. The number of nitrogens with zero attached hydrogens (tertiary/aromatic N) is 2. The Labute approximate surface area is 142 Å². The summed E-state index contributed by atoms with van der Waals surface area (Å²) in [6.07, 6.45) is 5.14. The molecule has 1 saturated heterocycles. The smallest absolute Gasteiger partial charge is 0.243 e. The lowest BCUT2D eigenvalue weighted by Gasteiger charge is -2.25. The molecule has 0 aliphatic carbocycles. The molecule has 0 amide bonds. The number of hydrogen-bond donors (Lipinski definition) is 1. The van der Waals surface area contributed by atoms with Gasteiger partial charge in [0.15, 0.2) is 4.77 Å². The molecule has 0 atom stereocenters. The van der Waals surface area contributed by atoms with Crippen LogP contribution in [0.4, 0.5) is 0 Å². The Balaban J connectivity index is 1.98. The number of nitrogens with one attached hydrogen (secondary N) is 1. The molecular formula is C16H23N3O2S2. The zero-order valence-electron chi connectivity index (χ0n) is 13.4. The molecule has 126 valence electrons. The standard InChI is InChI=1S/C16H23N3O2S2/c1-2-3-11-19-15-8-7-13(12-14(15)17-16(19)22)23(20,21)18-9-5-4-6-10-18/h7-8,12H,2-6,9-11H2,1H3,(H,17,22). The third kappa shape index (κ3) is 3.22. The van der Waals surface area contributed by atoms with E-state index in [1.807, 2.05) is 10.6 Å². The van der Waals surface area contributed by atoms with Gasteiger partial charge in [0.2, 0.25) is 10.0 Å². The van der Waals surface area contributed by atoms with Crippen molar-refractivity contribution < 1.29 is 8.42 Å². The molecule has 7 heteroatoms. The molecule has 23 heavy (non-hydrogen) atoms. The summed E-state index contributed by atoms with van der Waals surface area (Å²) in [6, 6.07) is 5.29. The first kappa shape index (κ1) is 16.7. The van der Waals surface area contributed by atoms with Gasteiger partial charge >= 0.3 is 0 Å². The maximum atomic E-state index is 12.8. The van der Waals surface area contributed by atoms with Crippen LogP contribution in [-0.2, 0) is 16.6 Å². The van der Waals surface area contributed by atoms with Gasteiger partial charge in [-0.1, -0.05) is 19.8 Å². The SMILES string of the molecule is CCCCn1c(=S)[nH]c2cc(S(=O)(=O)N3CCCCC3)ccc21. The maximum absolute atomic E-state index is 12.8. The van der Waals surface area contributed by atoms with Gasteiger partial charge in [-0.25, -0.2) is 8.42 Å². The number of aromatic amines is 1. The molecule has 2 aromatic rings. The molecule has 1 aliphatic heterocycles. The van der Waals surface area contributed by atoms with E-state index < -0.39 is 10.0 Å². The molecule has 5 nitrogen and oxygen atoms in total. The van der Waals surface area contributed by atoms with Crippen LogP contribution < -0.4 is 0 Å². The van der Waals surface area contributed by atoms with E-state index >= 15 is 0 Å². The third-order valence-electron chi connectivity index (χ3n) is 4.43. The van der Waals surface area contributed by atoms with Gasteiger partial charge in [-0.05, 0) is 49.7 Å². The summed E-state index contributed by atoms with van der Waals surface area (Å²) < 4.78 is 29.8. The second kappa shape index (κ2) is 6.75. The first-order valence-corrected chi connectivity index (χ1v) is 10.1. The average Bonchev–Trinajstić information content (AvgIpc) is 2.88. The minimum atomic E-state index is -3.40. The number of benzene rings is 1. The summed E-state index contributed by atoms with van der Waals surface area (Å²) in [5, 5.41) is 0. The fraction of sp³-hybridized carbons (Fsp3) is 0.562. The van der Waals surface area contributed by atoms with E-state index in [1.165, 1.54) is 0 Å². The quantitative estimate of drug-likeness (QED) is 0.834. The van der Waals surface area contributed by atoms with E-state index in [0.717, 1.165) is 49.7 Å². The monoisotopic (exact) mass is 353 g/mol. The van der Waals surface area contributed by atoms with Crippen LogP contribution in [0.15, 0.2) is 23.1 Å². The van der Waals surface area contributed by atoms with Crippen molar-refractivity contribution >= 4 is 33.3 Å². The highest BCUT2D eigenvalue weighted by atomic mass is 32.2. The molecule has 0 unspecified atom stereocenters. The van der Waals surface area contributed by atoms with E-state index in [4.69, 9.17) is 12.2 Å². The van der Waals surface area contributed by atoms with Gasteiger partial charge in [-0.15, -0.1) is 0 Å². The second-order valence-electron chi connectivity index (χ2n) is 6.08. The number of piperidine rings is 1. The lowest BCUT2D eigenvalue weighted by molar-refractivity contribution is 0.346. The van der Waals surface area contributed by atoms with Gasteiger partial charge < -0.3 is 9.55 Å². The third-order valence-corrected chi connectivity index (χ3v) is 6.65. The summed E-state index contributed by atoms with van der Waals surface area (Å²) in [6.45, 7) is 4.23. The summed E-state index contributed by atoms with van der Waals surface area (Å²) >= 11 is 5.38. The van der Waals surface area contributed by atoms with E-state index in [0.29, 0.717) is 22.8 Å². The van der Waals surface area contributed by atoms with Crippen LogP contribution in [0, 0.1) is 4.77 Å². The fourth-order valence-corrected chi connectivity index (χ4v) is 4.94. The normalized spacial score (nSPS) is 16.9. The summed E-state index contributed by atoms with van der Waals surface area (Å²) in [5.74, 6) is 0. The van der Waals surface area contributed by atoms with Crippen molar-refractivity contribution in [3.63, 3.8) is 0 Å². The molecule has 0 bridgehead atoms. The van der Waals surface area contributed by atoms with Crippen LogP contribution in [-0.4, -0.2) is 35.4 Å². The van der Waals surface area contributed by atoms with E-state index in [-0.39, 0.29) is 0 Å². The highest BCUT2D eigenvalue weighted by Gasteiger charge is 2.26. The summed E-state index contributed by atoms with van der Waals surface area (Å²) in [5.41, 5.74) is 1.77. The molecular weight excluding hydrogens is 330 g/mol. The van der Waals surface area contributed by atoms with Gasteiger partial charge in [-0.3, -0.25) is 0 Å². The lowest BCUT2D eigenvalue weighted by atomic mass is 10.2. The number of aromatic nitrogens is 2. The van der Waals surface area contributed by atoms with Crippen molar-refractivity contribution in [2.75, 3.05) is 13.1 Å². The predicted molar refractivity (Wildman–Crippen MR) is 94.6 cm³/mol. The van der Waals surface area contributed by atoms with Crippen molar-refractivity contribution in [2.24, 2.45) is 0 Å². The summed E-state index contributed by atoms with van der Waals surface area (Å²) in [4.78, 5) is 3.50. The van der Waals surface area contributed by atoms with E-state index in [2.05, 4.69) is 11.9 Å². The lowest BCUT2D eigenvalue weighted by Crippen LogP contribution is -2.35. The van der Waals surface area contributed by atoms with Crippen molar-refractivity contribution in [2.45, 2.75) is 50.5 Å². The molecule has 1 aromatic carbocycles. The van der Waals surface area contributed by atoms with Crippen LogP contribution in [0.1, 0.15) is 39.0 Å². The Hall–Kier alpha value is -1.18. The Bertz CT molecular complexity index is 846. The number of fused-ring (bicyclic) bond motifs is 1. The van der Waals surface area contributed by atoms with Crippen LogP contribution in [0.3, 0.4) is 0 Å². The number of aryl methyl sites for hydroxylation is 1. The fourth-order valence-electron chi connectivity index (χ4n) is 3.10. The first-order chi connectivity index (χ1) is 11.0. The van der Waals surface area contributed by atoms with Crippen LogP contribution in [0.5, 0.6) is 0 Å². The van der Waals surface area contributed by atoms with Crippen molar-refractivity contribution in [3.05, 3.63) is 23.0 Å². The largest absolute Gasteiger partial charge is 0.331 e.